The summed E-state index contributed by atoms with van der Waals surface area (Å²) in [6.07, 6.45) is -1.08. The van der Waals surface area contributed by atoms with Crippen molar-refractivity contribution in [1.29, 1.82) is 0 Å². The molecule has 1 rings (SSSR count). The van der Waals surface area contributed by atoms with Gasteiger partial charge in [0.05, 0.1) is 5.60 Å². The van der Waals surface area contributed by atoms with Crippen molar-refractivity contribution in [2.24, 2.45) is 5.73 Å². The average Bonchev–Trinajstić information content (AvgIpc) is 2.16. The molecule has 0 aliphatic rings. The largest absolute Gasteiger partial charge is 0.443 e. The molecule has 88 valence electrons. The Morgan fingerprint density at radius 1 is 1.44 bits per heavy atom. The lowest BCUT2D eigenvalue weighted by Gasteiger charge is -2.28. The fourth-order valence-electron chi connectivity index (χ4n) is 1.40. The minimum absolute atomic E-state index is 0.438. The van der Waals surface area contributed by atoms with Crippen LogP contribution >= 0.6 is 0 Å². The van der Waals surface area contributed by atoms with Crippen LogP contribution in [0.4, 0.5) is 4.79 Å². The molecule has 0 saturated carbocycles. The van der Waals surface area contributed by atoms with Gasteiger partial charge in [0.25, 0.3) is 0 Å². The van der Waals surface area contributed by atoms with Crippen LogP contribution in [-0.4, -0.2) is 22.9 Å². The Morgan fingerprint density at radius 2 is 2.00 bits per heavy atom. The Morgan fingerprint density at radius 3 is 2.44 bits per heavy atom. The zero-order valence-corrected chi connectivity index (χ0v) is 9.51. The smallest absolute Gasteiger partial charge is 0.404 e. The van der Waals surface area contributed by atoms with Crippen molar-refractivity contribution < 1.29 is 14.6 Å². The summed E-state index contributed by atoms with van der Waals surface area (Å²) in [4.78, 5) is 10.7. The standard InChI is InChI=1S/C12H17NO3/c1-12(2,15)10(16-11(13)14)8-9-6-4-3-5-7-9/h3-7,10,15H,8H2,1-2H3,(H2,13,14)/t10-/m0/s1. The molecule has 1 atom stereocenters. The molecule has 1 aromatic carbocycles. The number of nitrogens with two attached hydrogens (primary N) is 1. The molecule has 3 N–H and O–H groups in total. The molecule has 0 aromatic heterocycles. The first-order valence-corrected chi connectivity index (χ1v) is 5.12. The molecular weight excluding hydrogens is 206 g/mol. The normalized spacial score (nSPS) is 13.2. The summed E-state index contributed by atoms with van der Waals surface area (Å²) < 4.78 is 4.91. The van der Waals surface area contributed by atoms with Crippen molar-refractivity contribution >= 4 is 6.09 Å². The van der Waals surface area contributed by atoms with E-state index in [-0.39, 0.29) is 0 Å². The van der Waals surface area contributed by atoms with Crippen molar-refractivity contribution in [3.8, 4) is 0 Å². The SMILES string of the molecule is CC(C)(O)[C@H](Cc1ccccc1)OC(N)=O. The van der Waals surface area contributed by atoms with Gasteiger partial charge in [-0.1, -0.05) is 30.3 Å². The van der Waals surface area contributed by atoms with E-state index in [9.17, 15) is 9.90 Å². The predicted octanol–water partition coefficient (Wildman–Crippen LogP) is 1.46. The van der Waals surface area contributed by atoms with Gasteiger partial charge in [0.2, 0.25) is 0 Å². The van der Waals surface area contributed by atoms with Gasteiger partial charge in [-0.05, 0) is 19.4 Å². The number of rotatable bonds is 4. The highest BCUT2D eigenvalue weighted by atomic mass is 16.6. The fraction of sp³-hybridized carbons (Fsp3) is 0.417. The minimum Gasteiger partial charge on any atom is -0.443 e. The molecule has 4 heteroatoms. The van der Waals surface area contributed by atoms with E-state index in [2.05, 4.69) is 0 Å². The first kappa shape index (κ1) is 12.5. The zero-order valence-electron chi connectivity index (χ0n) is 9.51. The third-order valence-electron chi connectivity index (χ3n) is 2.31. The summed E-state index contributed by atoms with van der Waals surface area (Å²) in [5.41, 5.74) is 4.83. The molecule has 4 nitrogen and oxygen atoms in total. The second-order valence-electron chi connectivity index (χ2n) is 4.27. The quantitative estimate of drug-likeness (QED) is 0.811. The van der Waals surface area contributed by atoms with Crippen LogP contribution in [0.2, 0.25) is 0 Å². The lowest BCUT2D eigenvalue weighted by molar-refractivity contribution is -0.0523. The lowest BCUT2D eigenvalue weighted by atomic mass is 9.95. The van der Waals surface area contributed by atoms with Crippen molar-refractivity contribution in [3.05, 3.63) is 35.9 Å². The molecule has 0 radical (unpaired) electrons. The van der Waals surface area contributed by atoms with Gasteiger partial charge in [0, 0.05) is 6.42 Å². The molecule has 0 bridgehead atoms. The first-order valence-electron chi connectivity index (χ1n) is 5.12. The Hall–Kier alpha value is -1.55. The van der Waals surface area contributed by atoms with Gasteiger partial charge in [0.1, 0.15) is 6.10 Å². The van der Waals surface area contributed by atoms with Gasteiger partial charge in [0.15, 0.2) is 0 Å². The number of amides is 1. The number of primary amides is 1. The Labute approximate surface area is 95.0 Å². The van der Waals surface area contributed by atoms with E-state index < -0.39 is 17.8 Å². The second kappa shape index (κ2) is 4.99. The van der Waals surface area contributed by atoms with Crippen LogP contribution in [-0.2, 0) is 11.2 Å². The van der Waals surface area contributed by atoms with Crippen molar-refractivity contribution in [2.75, 3.05) is 0 Å². The van der Waals surface area contributed by atoms with Crippen LogP contribution < -0.4 is 5.73 Å². The molecular formula is C12H17NO3. The molecule has 0 heterocycles. The molecule has 1 aromatic rings. The fourth-order valence-corrected chi connectivity index (χ4v) is 1.40. The predicted molar refractivity (Wildman–Crippen MR) is 60.9 cm³/mol. The van der Waals surface area contributed by atoms with Gasteiger partial charge in [-0.25, -0.2) is 4.79 Å². The van der Waals surface area contributed by atoms with Crippen LogP contribution in [0.25, 0.3) is 0 Å². The van der Waals surface area contributed by atoms with Crippen molar-refractivity contribution in [3.63, 3.8) is 0 Å². The summed E-state index contributed by atoms with van der Waals surface area (Å²) in [7, 11) is 0. The maximum absolute atomic E-state index is 10.7. The van der Waals surface area contributed by atoms with Gasteiger partial charge < -0.3 is 15.6 Å². The van der Waals surface area contributed by atoms with E-state index in [1.807, 2.05) is 30.3 Å². The second-order valence-corrected chi connectivity index (χ2v) is 4.27. The molecule has 0 saturated heterocycles. The first-order chi connectivity index (χ1) is 7.39. The van der Waals surface area contributed by atoms with E-state index >= 15 is 0 Å². The zero-order chi connectivity index (χ0) is 12.2. The van der Waals surface area contributed by atoms with Crippen LogP contribution in [0.1, 0.15) is 19.4 Å². The highest BCUT2D eigenvalue weighted by molar-refractivity contribution is 5.65. The number of carbonyl (C=O) groups is 1. The molecule has 0 unspecified atom stereocenters. The van der Waals surface area contributed by atoms with Crippen LogP contribution in [0, 0.1) is 0 Å². The summed E-state index contributed by atoms with van der Waals surface area (Å²) in [6.45, 7) is 3.17. The van der Waals surface area contributed by atoms with E-state index in [1.165, 1.54) is 0 Å². The Bertz CT molecular complexity index is 343. The van der Waals surface area contributed by atoms with Crippen LogP contribution in [0.15, 0.2) is 30.3 Å². The van der Waals surface area contributed by atoms with Crippen LogP contribution in [0.3, 0.4) is 0 Å². The highest BCUT2D eigenvalue weighted by Crippen LogP contribution is 2.17. The summed E-state index contributed by atoms with van der Waals surface area (Å²) in [5, 5.41) is 9.85. The number of aliphatic hydroxyl groups is 1. The third-order valence-corrected chi connectivity index (χ3v) is 2.31. The maximum atomic E-state index is 10.7. The van der Waals surface area contributed by atoms with Gasteiger partial charge in [-0.15, -0.1) is 0 Å². The third kappa shape index (κ3) is 3.90. The van der Waals surface area contributed by atoms with E-state index in [0.717, 1.165) is 5.56 Å². The van der Waals surface area contributed by atoms with Gasteiger partial charge in [-0.3, -0.25) is 0 Å². The highest BCUT2D eigenvalue weighted by Gasteiger charge is 2.29. The van der Waals surface area contributed by atoms with Crippen molar-refractivity contribution in [1.82, 2.24) is 0 Å². The molecule has 1 amide bonds. The van der Waals surface area contributed by atoms with E-state index in [0.29, 0.717) is 6.42 Å². The van der Waals surface area contributed by atoms with Crippen molar-refractivity contribution in [2.45, 2.75) is 32.0 Å². The van der Waals surface area contributed by atoms with Gasteiger partial charge in [-0.2, -0.15) is 0 Å². The van der Waals surface area contributed by atoms with Crippen LogP contribution in [0.5, 0.6) is 0 Å². The Kier molecular flexibility index (Phi) is 3.90. The Balaban J connectivity index is 2.75. The molecule has 0 fully saturated rings. The van der Waals surface area contributed by atoms with Gasteiger partial charge >= 0.3 is 6.09 Å². The molecule has 0 aliphatic heterocycles. The number of ether oxygens (including phenoxy) is 1. The number of benzene rings is 1. The topological polar surface area (TPSA) is 72.6 Å². The van der Waals surface area contributed by atoms with E-state index in [4.69, 9.17) is 10.5 Å². The summed E-state index contributed by atoms with van der Waals surface area (Å²) in [6, 6.07) is 9.49. The molecule has 16 heavy (non-hydrogen) atoms. The maximum Gasteiger partial charge on any atom is 0.404 e. The average molecular weight is 223 g/mol. The molecule has 0 spiro atoms. The minimum atomic E-state index is -1.12. The lowest BCUT2D eigenvalue weighted by Crippen LogP contribution is -2.42. The number of carbonyl (C=O) groups excluding carboxylic acids is 1. The summed E-state index contributed by atoms with van der Waals surface area (Å²) in [5.74, 6) is 0. The molecule has 0 aliphatic carbocycles. The monoisotopic (exact) mass is 223 g/mol. The number of hydrogen-bond acceptors (Lipinski definition) is 3. The number of hydrogen-bond donors (Lipinski definition) is 2. The van der Waals surface area contributed by atoms with E-state index in [1.54, 1.807) is 13.8 Å². The summed E-state index contributed by atoms with van der Waals surface area (Å²) >= 11 is 0.